The molecule has 1 N–H and O–H groups in total. The van der Waals surface area contributed by atoms with Crippen molar-refractivity contribution in [2.45, 2.75) is 40.2 Å². The minimum Gasteiger partial charge on any atom is -0.316 e. The van der Waals surface area contributed by atoms with E-state index in [0.29, 0.717) is 16.9 Å². The first-order valence-corrected chi connectivity index (χ1v) is 6.85. The van der Waals surface area contributed by atoms with Crippen molar-refractivity contribution in [1.29, 1.82) is 0 Å². The van der Waals surface area contributed by atoms with Crippen LogP contribution in [-0.4, -0.2) is 18.1 Å². The summed E-state index contributed by atoms with van der Waals surface area (Å²) in [7, 11) is 2.07. The van der Waals surface area contributed by atoms with E-state index in [1.807, 2.05) is 6.20 Å². The fraction of sp³-hybridized carbons (Fsp3) is 0.769. The number of thiazole rings is 1. The van der Waals surface area contributed by atoms with E-state index >= 15 is 0 Å². The van der Waals surface area contributed by atoms with Gasteiger partial charge in [0.1, 0.15) is 0 Å². The minimum atomic E-state index is 0.442. The van der Waals surface area contributed by atoms with E-state index in [1.54, 1.807) is 11.3 Å². The van der Waals surface area contributed by atoms with E-state index in [2.05, 4.69) is 50.4 Å². The van der Waals surface area contributed by atoms with E-state index in [4.69, 9.17) is 0 Å². The normalized spacial score (nSPS) is 24.3. The molecule has 1 saturated carbocycles. The van der Waals surface area contributed by atoms with Gasteiger partial charge in [-0.25, -0.2) is 4.98 Å². The average Bonchev–Trinajstić information content (AvgIpc) is 2.63. The largest absolute Gasteiger partial charge is 0.316 e. The summed E-state index contributed by atoms with van der Waals surface area (Å²) >= 11 is 1.76. The summed E-state index contributed by atoms with van der Waals surface area (Å²) in [5.41, 5.74) is 0.885. The molecule has 0 aromatic carbocycles. The van der Waals surface area contributed by atoms with Crippen LogP contribution < -0.4 is 5.32 Å². The molecule has 2 rings (SSSR count). The van der Waals surface area contributed by atoms with Crippen molar-refractivity contribution >= 4 is 11.3 Å². The Balaban J connectivity index is 2.08. The van der Waals surface area contributed by atoms with Crippen LogP contribution in [0.3, 0.4) is 0 Å². The SMILES string of the molecule is CNC(Cc1nccs1)C1C(C)(C)C1(C)C. The topological polar surface area (TPSA) is 24.9 Å². The van der Waals surface area contributed by atoms with Crippen molar-refractivity contribution in [3.8, 4) is 0 Å². The van der Waals surface area contributed by atoms with Gasteiger partial charge in [-0.15, -0.1) is 11.3 Å². The van der Waals surface area contributed by atoms with Gasteiger partial charge in [-0.2, -0.15) is 0 Å². The summed E-state index contributed by atoms with van der Waals surface area (Å²) in [6.45, 7) is 9.52. The van der Waals surface area contributed by atoms with Gasteiger partial charge in [0.05, 0.1) is 5.01 Å². The molecule has 0 spiro atoms. The molecule has 1 aromatic rings. The van der Waals surface area contributed by atoms with Gasteiger partial charge in [0, 0.05) is 24.0 Å². The smallest absolute Gasteiger partial charge is 0.0940 e. The van der Waals surface area contributed by atoms with Gasteiger partial charge >= 0.3 is 0 Å². The van der Waals surface area contributed by atoms with Crippen LogP contribution in [0.4, 0.5) is 0 Å². The van der Waals surface area contributed by atoms with Crippen molar-refractivity contribution in [3.63, 3.8) is 0 Å². The van der Waals surface area contributed by atoms with Crippen LogP contribution in [0.15, 0.2) is 11.6 Å². The van der Waals surface area contributed by atoms with Crippen LogP contribution in [0, 0.1) is 16.7 Å². The lowest BCUT2D eigenvalue weighted by Gasteiger charge is -2.17. The first-order valence-electron chi connectivity index (χ1n) is 5.97. The van der Waals surface area contributed by atoms with Crippen LogP contribution in [-0.2, 0) is 6.42 Å². The van der Waals surface area contributed by atoms with Gasteiger partial charge in [0.25, 0.3) is 0 Å². The standard InChI is InChI=1S/C13H22N2S/c1-12(2)11(13(12,3)4)9(14-5)8-10-15-6-7-16-10/h6-7,9,11,14H,8H2,1-5H3. The van der Waals surface area contributed by atoms with Crippen LogP contribution in [0.5, 0.6) is 0 Å². The number of nitrogens with zero attached hydrogens (tertiary/aromatic N) is 1. The second-order valence-electron chi connectivity index (χ2n) is 5.95. The number of aromatic nitrogens is 1. The Bertz CT molecular complexity index is 340. The van der Waals surface area contributed by atoms with Crippen molar-refractivity contribution in [3.05, 3.63) is 16.6 Å². The second-order valence-corrected chi connectivity index (χ2v) is 6.93. The van der Waals surface area contributed by atoms with Crippen molar-refractivity contribution in [2.75, 3.05) is 7.05 Å². The van der Waals surface area contributed by atoms with E-state index in [9.17, 15) is 0 Å². The van der Waals surface area contributed by atoms with Gasteiger partial charge in [0.2, 0.25) is 0 Å². The lowest BCUT2D eigenvalue weighted by Crippen LogP contribution is -2.32. The first-order chi connectivity index (χ1) is 7.41. The van der Waals surface area contributed by atoms with Gasteiger partial charge in [-0.1, -0.05) is 27.7 Å². The molecule has 1 heterocycles. The monoisotopic (exact) mass is 238 g/mol. The molecule has 1 unspecified atom stereocenters. The fourth-order valence-corrected chi connectivity index (χ4v) is 3.86. The Morgan fingerprint density at radius 3 is 2.38 bits per heavy atom. The Hall–Kier alpha value is -0.410. The molecule has 0 saturated heterocycles. The molecule has 2 nitrogen and oxygen atoms in total. The third-order valence-electron chi connectivity index (χ3n) is 4.78. The Kier molecular flexibility index (Phi) is 2.87. The van der Waals surface area contributed by atoms with Gasteiger partial charge in [-0.3, -0.25) is 0 Å². The summed E-state index contributed by atoms with van der Waals surface area (Å²) in [6, 6.07) is 0.552. The highest BCUT2D eigenvalue weighted by Crippen LogP contribution is 2.69. The molecule has 0 radical (unpaired) electrons. The van der Waals surface area contributed by atoms with Crippen LogP contribution >= 0.6 is 11.3 Å². The summed E-state index contributed by atoms with van der Waals surface area (Å²) < 4.78 is 0. The Morgan fingerprint density at radius 2 is 2.00 bits per heavy atom. The summed E-state index contributed by atoms with van der Waals surface area (Å²) in [5, 5.41) is 6.79. The molecule has 1 atom stereocenters. The number of hydrogen-bond acceptors (Lipinski definition) is 3. The molecule has 0 amide bonds. The second kappa shape index (κ2) is 3.81. The van der Waals surface area contributed by atoms with Crippen LogP contribution in [0.1, 0.15) is 32.7 Å². The number of hydrogen-bond donors (Lipinski definition) is 1. The quantitative estimate of drug-likeness (QED) is 0.872. The van der Waals surface area contributed by atoms with Crippen molar-refractivity contribution in [2.24, 2.45) is 16.7 Å². The van der Waals surface area contributed by atoms with Crippen LogP contribution in [0.25, 0.3) is 0 Å². The van der Waals surface area contributed by atoms with E-state index < -0.39 is 0 Å². The van der Waals surface area contributed by atoms with E-state index in [1.165, 1.54) is 5.01 Å². The maximum Gasteiger partial charge on any atom is 0.0940 e. The van der Waals surface area contributed by atoms with Gasteiger partial charge in [-0.05, 0) is 23.8 Å². The molecule has 90 valence electrons. The van der Waals surface area contributed by atoms with Crippen molar-refractivity contribution < 1.29 is 0 Å². The number of rotatable bonds is 4. The fourth-order valence-electron chi connectivity index (χ4n) is 3.18. The minimum absolute atomic E-state index is 0.442. The molecule has 0 aliphatic heterocycles. The molecule has 16 heavy (non-hydrogen) atoms. The molecule has 1 aliphatic carbocycles. The molecular weight excluding hydrogens is 216 g/mol. The number of nitrogens with one attached hydrogen (secondary N) is 1. The number of likely N-dealkylation sites (N-methyl/N-ethyl adjacent to an activating group) is 1. The molecule has 0 bridgehead atoms. The molecule has 1 fully saturated rings. The zero-order chi connectivity index (χ0) is 12.0. The maximum absolute atomic E-state index is 4.39. The van der Waals surface area contributed by atoms with Gasteiger partial charge in [0.15, 0.2) is 0 Å². The molecular formula is C13H22N2S. The van der Waals surface area contributed by atoms with Crippen molar-refractivity contribution in [1.82, 2.24) is 10.3 Å². The predicted octanol–water partition coefficient (Wildman–Crippen LogP) is 2.96. The summed E-state index contributed by atoms with van der Waals surface area (Å²) in [5.74, 6) is 0.744. The zero-order valence-corrected chi connectivity index (χ0v) is 11.7. The predicted molar refractivity (Wildman–Crippen MR) is 69.7 cm³/mol. The third kappa shape index (κ3) is 1.70. The highest BCUT2D eigenvalue weighted by molar-refractivity contribution is 7.09. The average molecular weight is 238 g/mol. The van der Waals surface area contributed by atoms with E-state index in [-0.39, 0.29) is 0 Å². The molecule has 1 aromatic heterocycles. The highest BCUT2D eigenvalue weighted by atomic mass is 32.1. The van der Waals surface area contributed by atoms with E-state index in [0.717, 1.165) is 12.3 Å². The zero-order valence-electron chi connectivity index (χ0n) is 10.9. The third-order valence-corrected chi connectivity index (χ3v) is 5.59. The first kappa shape index (κ1) is 12.1. The lowest BCUT2D eigenvalue weighted by molar-refractivity contribution is 0.420. The van der Waals surface area contributed by atoms with Crippen LogP contribution in [0.2, 0.25) is 0 Å². The molecule has 3 heteroatoms. The summed E-state index contributed by atoms with van der Waals surface area (Å²) in [6.07, 6.45) is 2.96. The Labute approximate surface area is 102 Å². The van der Waals surface area contributed by atoms with Gasteiger partial charge < -0.3 is 5.32 Å². The Morgan fingerprint density at radius 1 is 1.38 bits per heavy atom. The molecule has 1 aliphatic rings. The summed E-state index contributed by atoms with van der Waals surface area (Å²) in [4.78, 5) is 4.39. The maximum atomic E-state index is 4.39. The lowest BCUT2D eigenvalue weighted by atomic mass is 10.0. The highest BCUT2D eigenvalue weighted by Gasteiger charge is 2.66.